The molecule has 1 aromatic carbocycles. The van der Waals surface area contributed by atoms with Gasteiger partial charge in [0, 0.05) is 19.1 Å². The molecule has 0 aliphatic carbocycles. The lowest BCUT2D eigenvalue weighted by atomic mass is 9.74. The highest BCUT2D eigenvalue weighted by Gasteiger charge is 2.40. The largest absolute Gasteiger partial charge is 0.493 e. The van der Waals surface area contributed by atoms with E-state index in [-0.39, 0.29) is 18.6 Å². The SMILES string of the molecule is COc1cc2c(cc1OC)C1CC(COC(=O)CS(=O)(=O)O)C(CC(C)C)CN1CC2. The van der Waals surface area contributed by atoms with Gasteiger partial charge >= 0.3 is 5.97 Å². The van der Waals surface area contributed by atoms with Gasteiger partial charge in [0.1, 0.15) is 0 Å². The number of rotatable bonds is 8. The predicted octanol–water partition coefficient (Wildman–Crippen LogP) is 2.72. The highest BCUT2D eigenvalue weighted by atomic mass is 32.2. The normalized spacial score (nSPS) is 23.7. The number of ether oxygens (including phenoxy) is 3. The molecule has 0 spiro atoms. The maximum absolute atomic E-state index is 11.9. The molecule has 1 saturated heterocycles. The molecule has 0 aromatic heterocycles. The summed E-state index contributed by atoms with van der Waals surface area (Å²) in [6, 6.07) is 4.28. The van der Waals surface area contributed by atoms with E-state index in [1.807, 2.05) is 6.07 Å². The Morgan fingerprint density at radius 1 is 1.19 bits per heavy atom. The molecule has 0 amide bonds. The summed E-state index contributed by atoms with van der Waals surface area (Å²) in [6.45, 7) is 6.36. The van der Waals surface area contributed by atoms with E-state index in [1.165, 1.54) is 11.1 Å². The lowest BCUT2D eigenvalue weighted by molar-refractivity contribution is -0.143. The zero-order valence-electron chi connectivity index (χ0n) is 18.7. The fourth-order valence-electron chi connectivity index (χ4n) is 4.97. The smallest absolute Gasteiger partial charge is 0.323 e. The fourth-order valence-corrected chi connectivity index (χ4v) is 5.35. The van der Waals surface area contributed by atoms with Crippen molar-refractivity contribution in [3.05, 3.63) is 23.3 Å². The summed E-state index contributed by atoms with van der Waals surface area (Å²) >= 11 is 0. The molecule has 2 heterocycles. The molecular weight excluding hydrogens is 422 g/mol. The number of methoxy groups -OCH3 is 2. The number of nitrogens with zero attached hydrogens (tertiary/aromatic N) is 1. The van der Waals surface area contributed by atoms with Crippen molar-refractivity contribution in [2.75, 3.05) is 39.7 Å². The van der Waals surface area contributed by atoms with E-state index in [2.05, 4.69) is 24.8 Å². The summed E-state index contributed by atoms with van der Waals surface area (Å²) in [6.07, 6.45) is 2.75. The van der Waals surface area contributed by atoms with Gasteiger partial charge in [0.05, 0.1) is 20.8 Å². The van der Waals surface area contributed by atoms with Crippen molar-refractivity contribution < 1.29 is 32.0 Å². The van der Waals surface area contributed by atoms with Gasteiger partial charge in [-0.25, -0.2) is 0 Å². The van der Waals surface area contributed by atoms with Gasteiger partial charge in [-0.2, -0.15) is 8.42 Å². The lowest BCUT2D eigenvalue weighted by Gasteiger charge is -2.47. The Labute approximate surface area is 184 Å². The summed E-state index contributed by atoms with van der Waals surface area (Å²) in [5, 5.41) is 0. The van der Waals surface area contributed by atoms with E-state index in [0.717, 1.165) is 38.1 Å². The van der Waals surface area contributed by atoms with Crippen molar-refractivity contribution in [1.29, 1.82) is 0 Å². The van der Waals surface area contributed by atoms with Crippen LogP contribution in [0.3, 0.4) is 0 Å². The molecule has 0 bridgehead atoms. The number of piperidine rings is 1. The van der Waals surface area contributed by atoms with Gasteiger partial charge in [-0.05, 0) is 60.3 Å². The Morgan fingerprint density at radius 3 is 2.48 bits per heavy atom. The fraction of sp³-hybridized carbons (Fsp3) is 0.682. The molecule has 3 unspecified atom stereocenters. The second kappa shape index (κ2) is 9.75. The molecule has 2 aliphatic rings. The second-order valence-electron chi connectivity index (χ2n) is 8.96. The quantitative estimate of drug-likeness (QED) is 0.472. The van der Waals surface area contributed by atoms with E-state index in [0.29, 0.717) is 17.6 Å². The standard InChI is InChI=1S/C22H33NO7S/c1-14(2)7-16-11-23-6-5-15-9-20(28-3)21(29-4)10-18(15)19(23)8-17(16)12-30-22(24)13-31(25,26)27/h9-10,14,16-17,19H,5-8,11-13H2,1-4H3,(H,25,26,27). The third kappa shape index (κ3) is 5.90. The van der Waals surface area contributed by atoms with Gasteiger partial charge < -0.3 is 14.2 Å². The van der Waals surface area contributed by atoms with Gasteiger partial charge in [-0.1, -0.05) is 13.8 Å². The van der Waals surface area contributed by atoms with Gasteiger partial charge in [-0.15, -0.1) is 0 Å². The average molecular weight is 456 g/mol. The maximum Gasteiger partial charge on any atom is 0.323 e. The summed E-state index contributed by atoms with van der Waals surface area (Å²) in [4.78, 5) is 14.4. The molecule has 2 aliphatic heterocycles. The molecule has 1 aromatic rings. The third-order valence-electron chi connectivity index (χ3n) is 6.31. The number of benzene rings is 1. The Hall–Kier alpha value is -1.84. The van der Waals surface area contributed by atoms with Crippen molar-refractivity contribution in [2.45, 2.75) is 39.2 Å². The number of carbonyl (C=O) groups excluding carboxylic acids is 1. The number of hydrogen-bond donors (Lipinski definition) is 1. The molecule has 31 heavy (non-hydrogen) atoms. The summed E-state index contributed by atoms with van der Waals surface area (Å²) < 4.78 is 47.1. The van der Waals surface area contributed by atoms with E-state index in [9.17, 15) is 13.2 Å². The zero-order chi connectivity index (χ0) is 22.8. The highest BCUT2D eigenvalue weighted by molar-refractivity contribution is 7.86. The van der Waals surface area contributed by atoms with E-state index in [1.54, 1.807) is 14.2 Å². The number of fused-ring (bicyclic) bond motifs is 3. The van der Waals surface area contributed by atoms with Crippen LogP contribution in [0.15, 0.2) is 12.1 Å². The zero-order valence-corrected chi connectivity index (χ0v) is 19.5. The molecule has 174 valence electrons. The van der Waals surface area contributed by atoms with Crippen LogP contribution >= 0.6 is 0 Å². The van der Waals surface area contributed by atoms with Gasteiger partial charge in [0.15, 0.2) is 17.3 Å². The Bertz CT molecular complexity index is 899. The van der Waals surface area contributed by atoms with Crippen LogP contribution in [0.1, 0.15) is 43.9 Å². The lowest BCUT2D eigenvalue weighted by Crippen LogP contribution is -2.47. The van der Waals surface area contributed by atoms with Crippen LogP contribution in [0.5, 0.6) is 11.5 Å². The number of carbonyl (C=O) groups is 1. The summed E-state index contributed by atoms with van der Waals surface area (Å²) in [5.41, 5.74) is 2.45. The van der Waals surface area contributed by atoms with Crippen LogP contribution < -0.4 is 9.47 Å². The van der Waals surface area contributed by atoms with Crippen molar-refractivity contribution in [3.63, 3.8) is 0 Å². The second-order valence-corrected chi connectivity index (χ2v) is 10.4. The first kappa shape index (κ1) is 23.8. The molecule has 3 rings (SSSR count). The Balaban J connectivity index is 1.82. The number of hydrogen-bond acceptors (Lipinski definition) is 7. The van der Waals surface area contributed by atoms with Crippen LogP contribution in [0.25, 0.3) is 0 Å². The van der Waals surface area contributed by atoms with Crippen molar-refractivity contribution in [2.24, 2.45) is 17.8 Å². The van der Waals surface area contributed by atoms with Crippen LogP contribution in [-0.4, -0.2) is 63.5 Å². The molecule has 3 atom stereocenters. The van der Waals surface area contributed by atoms with Crippen LogP contribution in [0.2, 0.25) is 0 Å². The van der Waals surface area contributed by atoms with Crippen molar-refractivity contribution >= 4 is 16.1 Å². The van der Waals surface area contributed by atoms with Gasteiger partial charge in [-0.3, -0.25) is 14.2 Å². The Kier molecular flexibility index (Phi) is 7.49. The number of esters is 1. The van der Waals surface area contributed by atoms with E-state index in [4.69, 9.17) is 18.8 Å². The molecule has 0 saturated carbocycles. The Morgan fingerprint density at radius 2 is 1.87 bits per heavy atom. The minimum Gasteiger partial charge on any atom is -0.493 e. The van der Waals surface area contributed by atoms with Gasteiger partial charge in [0.25, 0.3) is 10.1 Å². The minimum absolute atomic E-state index is 0.105. The minimum atomic E-state index is -4.39. The highest BCUT2D eigenvalue weighted by Crippen LogP contribution is 2.45. The van der Waals surface area contributed by atoms with Crippen molar-refractivity contribution in [3.8, 4) is 11.5 Å². The topological polar surface area (TPSA) is 102 Å². The van der Waals surface area contributed by atoms with Gasteiger partial charge in [0.2, 0.25) is 0 Å². The van der Waals surface area contributed by atoms with E-state index >= 15 is 0 Å². The molecule has 9 heteroatoms. The predicted molar refractivity (Wildman–Crippen MR) is 116 cm³/mol. The molecular formula is C22H33NO7S. The molecule has 0 radical (unpaired) electrons. The average Bonchev–Trinajstić information content (AvgIpc) is 2.69. The molecule has 1 N–H and O–H groups in total. The van der Waals surface area contributed by atoms with Crippen molar-refractivity contribution in [1.82, 2.24) is 4.90 Å². The molecule has 8 nitrogen and oxygen atoms in total. The van der Waals surface area contributed by atoms with E-state index < -0.39 is 21.8 Å². The third-order valence-corrected chi connectivity index (χ3v) is 6.91. The molecule has 1 fully saturated rings. The van der Waals surface area contributed by atoms with Crippen LogP contribution in [0.4, 0.5) is 0 Å². The summed E-state index contributed by atoms with van der Waals surface area (Å²) in [5.74, 6) is 0.443. The monoisotopic (exact) mass is 455 g/mol. The van der Waals surface area contributed by atoms with Crippen LogP contribution in [-0.2, 0) is 26.1 Å². The maximum atomic E-state index is 11.9. The first-order valence-corrected chi connectivity index (χ1v) is 12.3. The summed E-state index contributed by atoms with van der Waals surface area (Å²) in [7, 11) is -1.13. The first-order chi connectivity index (χ1) is 14.6. The van der Waals surface area contributed by atoms with Crippen LogP contribution in [0, 0.1) is 17.8 Å². The first-order valence-electron chi connectivity index (χ1n) is 10.7.